The van der Waals surface area contributed by atoms with E-state index >= 15 is 0 Å². The normalized spacial score (nSPS) is 10.8. The van der Waals surface area contributed by atoms with Crippen molar-refractivity contribution in [2.75, 3.05) is 27.4 Å². The van der Waals surface area contributed by atoms with E-state index in [2.05, 4.69) is 0 Å². The molecule has 0 aliphatic heterocycles. The molecule has 0 unspecified atom stereocenters. The van der Waals surface area contributed by atoms with Crippen LogP contribution in [0, 0.1) is 21.4 Å². The molecule has 29 heavy (non-hydrogen) atoms. The van der Waals surface area contributed by atoms with Gasteiger partial charge >= 0.3 is 0 Å². The predicted octanol–water partition coefficient (Wildman–Crippen LogP) is 4.47. The number of benzene rings is 2. The average molecular weight is 398 g/mol. The third-order valence-electron chi connectivity index (χ3n) is 3.99. The number of allylic oxidation sites excluding steroid dienone is 1. The Morgan fingerprint density at radius 1 is 1.03 bits per heavy atom. The summed E-state index contributed by atoms with van der Waals surface area (Å²) in [7, 11) is 2.81. The molecule has 8 nitrogen and oxygen atoms in total. The molecule has 0 saturated heterocycles. The maximum atomic E-state index is 11.6. The molecule has 0 radical (unpaired) electrons. The molecule has 0 saturated carbocycles. The number of nitro groups is 1. The van der Waals surface area contributed by atoms with E-state index in [9.17, 15) is 15.4 Å². The van der Waals surface area contributed by atoms with Gasteiger partial charge in [0.05, 0.1) is 49.6 Å². The monoisotopic (exact) mass is 398 g/mol. The fourth-order valence-corrected chi connectivity index (χ4v) is 2.73. The maximum Gasteiger partial charge on any atom is 0.281 e. The number of rotatable bonds is 9. The number of nitro benzene ring substituents is 1. The first-order chi connectivity index (χ1) is 14.0. The lowest BCUT2D eigenvalue weighted by Crippen LogP contribution is -1.99. The summed E-state index contributed by atoms with van der Waals surface area (Å²) < 4.78 is 21.5. The molecular formula is C21H22N2O6. The Bertz CT molecular complexity index is 962. The minimum absolute atomic E-state index is 0.101. The number of nitriles is 1. The Labute approximate surface area is 169 Å². The molecule has 2 aromatic carbocycles. The molecule has 2 aromatic rings. The van der Waals surface area contributed by atoms with Crippen LogP contribution in [0.1, 0.15) is 25.0 Å². The topological polar surface area (TPSA) is 104 Å². The second-order valence-electron chi connectivity index (χ2n) is 5.72. The van der Waals surface area contributed by atoms with Crippen LogP contribution in [0.15, 0.2) is 30.3 Å². The van der Waals surface area contributed by atoms with Crippen LogP contribution in [0.5, 0.6) is 23.0 Å². The summed E-state index contributed by atoms with van der Waals surface area (Å²) in [5, 5.41) is 21.2. The molecule has 2 rings (SSSR count). The molecule has 0 aliphatic carbocycles. The highest BCUT2D eigenvalue weighted by atomic mass is 16.6. The largest absolute Gasteiger partial charge is 0.493 e. The summed E-state index contributed by atoms with van der Waals surface area (Å²) in [4.78, 5) is 11.0. The summed E-state index contributed by atoms with van der Waals surface area (Å²) in [5.41, 5.74) is 0.607. The zero-order chi connectivity index (χ0) is 21.4. The van der Waals surface area contributed by atoms with Gasteiger partial charge in [-0.1, -0.05) is 6.07 Å². The molecule has 152 valence electrons. The lowest BCUT2D eigenvalue weighted by atomic mass is 10.0. The van der Waals surface area contributed by atoms with E-state index in [1.54, 1.807) is 24.3 Å². The van der Waals surface area contributed by atoms with Crippen LogP contribution in [-0.2, 0) is 0 Å². The molecule has 0 bridgehead atoms. The Kier molecular flexibility index (Phi) is 7.43. The van der Waals surface area contributed by atoms with E-state index < -0.39 is 4.92 Å². The molecule has 0 aliphatic rings. The molecular weight excluding hydrogens is 376 g/mol. The number of hydrogen-bond acceptors (Lipinski definition) is 7. The summed E-state index contributed by atoms with van der Waals surface area (Å²) in [5.74, 6) is 1.61. The zero-order valence-electron chi connectivity index (χ0n) is 16.7. The number of hydrogen-bond donors (Lipinski definition) is 0. The summed E-state index contributed by atoms with van der Waals surface area (Å²) in [6, 6.07) is 9.89. The van der Waals surface area contributed by atoms with Crippen molar-refractivity contribution < 1.29 is 23.9 Å². The molecule has 8 heteroatoms. The van der Waals surface area contributed by atoms with Gasteiger partial charge in [-0.05, 0) is 43.7 Å². The van der Waals surface area contributed by atoms with Gasteiger partial charge < -0.3 is 18.9 Å². The molecule has 0 atom stereocenters. The van der Waals surface area contributed by atoms with Gasteiger partial charge in [0.1, 0.15) is 6.07 Å². The standard InChI is InChI=1S/C21H22N2O6/c1-5-28-18-8-7-14(10-21(18)29-6-2)9-15(13-22)16-11-19(26-3)20(27-4)12-17(16)23(24)25/h7-12H,5-6H2,1-4H3/b15-9+. The Morgan fingerprint density at radius 3 is 2.21 bits per heavy atom. The van der Waals surface area contributed by atoms with Gasteiger partial charge in [-0.15, -0.1) is 0 Å². The van der Waals surface area contributed by atoms with Gasteiger partial charge in [-0.25, -0.2) is 0 Å². The molecule has 0 amide bonds. The molecule has 0 spiro atoms. The van der Waals surface area contributed by atoms with E-state index in [1.807, 2.05) is 19.9 Å². The van der Waals surface area contributed by atoms with Gasteiger partial charge in [-0.3, -0.25) is 10.1 Å². The maximum absolute atomic E-state index is 11.6. The van der Waals surface area contributed by atoms with E-state index in [0.717, 1.165) is 0 Å². The molecule has 0 fully saturated rings. The Hall–Kier alpha value is -3.73. The third-order valence-corrected chi connectivity index (χ3v) is 3.99. The van der Waals surface area contributed by atoms with Crippen LogP contribution < -0.4 is 18.9 Å². The van der Waals surface area contributed by atoms with Gasteiger partial charge in [0.15, 0.2) is 23.0 Å². The molecule has 0 heterocycles. The highest BCUT2D eigenvalue weighted by Gasteiger charge is 2.22. The van der Waals surface area contributed by atoms with Crippen LogP contribution in [0.25, 0.3) is 11.6 Å². The molecule has 0 N–H and O–H groups in total. The van der Waals surface area contributed by atoms with Crippen molar-refractivity contribution in [2.45, 2.75) is 13.8 Å². The van der Waals surface area contributed by atoms with Crippen LogP contribution >= 0.6 is 0 Å². The quantitative estimate of drug-likeness (QED) is 0.265. The second kappa shape index (κ2) is 9.99. The van der Waals surface area contributed by atoms with Crippen molar-refractivity contribution in [3.63, 3.8) is 0 Å². The number of nitrogens with zero attached hydrogens (tertiary/aromatic N) is 2. The van der Waals surface area contributed by atoms with Crippen LogP contribution in [0.3, 0.4) is 0 Å². The van der Waals surface area contributed by atoms with Crippen molar-refractivity contribution in [3.8, 4) is 29.1 Å². The van der Waals surface area contributed by atoms with E-state index in [1.165, 1.54) is 26.4 Å². The average Bonchev–Trinajstić information content (AvgIpc) is 2.73. The van der Waals surface area contributed by atoms with Gasteiger partial charge in [0.25, 0.3) is 5.69 Å². The van der Waals surface area contributed by atoms with Gasteiger partial charge in [-0.2, -0.15) is 5.26 Å². The fourth-order valence-electron chi connectivity index (χ4n) is 2.73. The number of methoxy groups -OCH3 is 2. The second-order valence-corrected chi connectivity index (χ2v) is 5.72. The summed E-state index contributed by atoms with van der Waals surface area (Å²) >= 11 is 0. The van der Waals surface area contributed by atoms with Crippen molar-refractivity contribution in [1.82, 2.24) is 0 Å². The lowest BCUT2D eigenvalue weighted by molar-refractivity contribution is -0.385. The first kappa shape index (κ1) is 21.6. The van der Waals surface area contributed by atoms with Crippen molar-refractivity contribution >= 4 is 17.3 Å². The highest BCUT2D eigenvalue weighted by molar-refractivity contribution is 5.93. The Morgan fingerprint density at radius 2 is 1.66 bits per heavy atom. The Balaban J connectivity index is 2.61. The first-order valence-corrected chi connectivity index (χ1v) is 8.91. The van der Waals surface area contributed by atoms with Crippen molar-refractivity contribution in [1.29, 1.82) is 5.26 Å². The smallest absolute Gasteiger partial charge is 0.281 e. The van der Waals surface area contributed by atoms with E-state index in [4.69, 9.17) is 18.9 Å². The molecule has 0 aromatic heterocycles. The minimum Gasteiger partial charge on any atom is -0.493 e. The van der Waals surface area contributed by atoms with Crippen LogP contribution in [0.2, 0.25) is 0 Å². The van der Waals surface area contributed by atoms with Crippen molar-refractivity contribution in [2.24, 2.45) is 0 Å². The highest BCUT2D eigenvalue weighted by Crippen LogP contribution is 2.38. The van der Waals surface area contributed by atoms with Gasteiger partial charge in [0, 0.05) is 0 Å². The van der Waals surface area contributed by atoms with Crippen molar-refractivity contribution in [3.05, 3.63) is 51.6 Å². The SMILES string of the molecule is CCOc1ccc(/C=C(\C#N)c2cc(OC)c(OC)cc2[N+](=O)[O-])cc1OCC. The predicted molar refractivity (Wildman–Crippen MR) is 108 cm³/mol. The van der Waals surface area contributed by atoms with E-state index in [-0.39, 0.29) is 28.3 Å². The summed E-state index contributed by atoms with van der Waals surface area (Å²) in [6.07, 6.45) is 1.55. The first-order valence-electron chi connectivity index (χ1n) is 8.91. The number of ether oxygens (including phenoxy) is 4. The van der Waals surface area contributed by atoms with Crippen LogP contribution in [0.4, 0.5) is 5.69 Å². The van der Waals surface area contributed by atoms with Gasteiger partial charge in [0.2, 0.25) is 0 Å². The fraction of sp³-hybridized carbons (Fsp3) is 0.286. The van der Waals surface area contributed by atoms with E-state index in [0.29, 0.717) is 30.3 Å². The van der Waals surface area contributed by atoms with Crippen LogP contribution in [-0.4, -0.2) is 32.4 Å². The third kappa shape index (κ3) is 4.96. The zero-order valence-corrected chi connectivity index (χ0v) is 16.7. The summed E-state index contributed by atoms with van der Waals surface area (Å²) in [6.45, 7) is 4.65. The minimum atomic E-state index is -0.563. The lowest BCUT2D eigenvalue weighted by Gasteiger charge is -2.12.